The number of hydrogen-bond acceptors (Lipinski definition) is 14. The van der Waals surface area contributed by atoms with E-state index in [1.807, 2.05) is 0 Å². The van der Waals surface area contributed by atoms with Crippen molar-refractivity contribution in [2.45, 2.75) is 79.9 Å². The first-order valence-electron chi connectivity index (χ1n) is 9.78. The lowest BCUT2D eigenvalue weighted by Crippen LogP contribution is -2.64. The third-order valence-electron chi connectivity index (χ3n) is 5.54. The Morgan fingerprint density at radius 3 is 2.06 bits per heavy atom. The topological polar surface area (TPSA) is 234 Å². The zero-order valence-corrected chi connectivity index (χ0v) is 16.9. The first-order chi connectivity index (χ1) is 15.1. The van der Waals surface area contributed by atoms with Crippen molar-refractivity contribution in [1.82, 2.24) is 0 Å². The van der Waals surface area contributed by atoms with Crippen molar-refractivity contribution in [3.8, 4) is 0 Å². The van der Waals surface area contributed by atoms with Crippen LogP contribution in [-0.2, 0) is 33.2 Å². The molecule has 0 radical (unpaired) electrons. The number of hydrogen-bond donors (Lipinski definition) is 8. The summed E-state index contributed by atoms with van der Waals surface area (Å²) in [5.41, 5.74) is 0. The van der Waals surface area contributed by atoms with E-state index in [4.69, 9.17) is 28.4 Å². The van der Waals surface area contributed by atoms with Gasteiger partial charge in [0.15, 0.2) is 25.0 Å². The van der Waals surface area contributed by atoms with Crippen LogP contribution >= 0.6 is 0 Å². The Morgan fingerprint density at radius 1 is 0.781 bits per heavy atom. The number of carboxylic acids is 1. The molecule has 0 bridgehead atoms. The fraction of sp³-hybridized carbons (Fsp3) is 0.941. The number of ether oxygens (including phenoxy) is 6. The molecule has 0 amide bonds. The van der Waals surface area contributed by atoms with E-state index in [-0.39, 0.29) is 6.61 Å². The van der Waals surface area contributed by atoms with Crippen molar-refractivity contribution in [3.05, 3.63) is 0 Å². The lowest BCUT2D eigenvalue weighted by atomic mass is 9.98. The molecule has 186 valence electrons. The van der Waals surface area contributed by atoms with Crippen molar-refractivity contribution in [3.63, 3.8) is 0 Å². The van der Waals surface area contributed by atoms with Gasteiger partial charge in [0.1, 0.15) is 54.9 Å². The summed E-state index contributed by atoms with van der Waals surface area (Å²) in [6.45, 7) is -0.750. The largest absolute Gasteiger partial charge is 0.479 e. The van der Waals surface area contributed by atoms with Crippen molar-refractivity contribution in [1.29, 1.82) is 0 Å². The molecule has 1 unspecified atom stereocenters. The molecule has 3 aliphatic heterocycles. The van der Waals surface area contributed by atoms with Crippen LogP contribution in [0.4, 0.5) is 0 Å². The van der Waals surface area contributed by atoms with Gasteiger partial charge in [0.05, 0.1) is 13.2 Å². The van der Waals surface area contributed by atoms with Crippen LogP contribution in [0.2, 0.25) is 0 Å². The SMILES string of the molecule is CO[C@H]1[C@H](O)[C@@H](O)[C@H](O[C@H]2C(O)OC[C@@H](O[C@@H]3OC[C@@H](O)[C@H](O)[C@H]3O)[C@@H]2O)O[C@@H]1C(=O)O. The van der Waals surface area contributed by atoms with Gasteiger partial charge >= 0.3 is 5.97 Å². The second-order valence-corrected chi connectivity index (χ2v) is 7.68. The first-order valence-corrected chi connectivity index (χ1v) is 9.78. The van der Waals surface area contributed by atoms with Gasteiger partial charge in [-0.3, -0.25) is 0 Å². The molecular weight excluding hydrogens is 444 g/mol. The highest BCUT2D eigenvalue weighted by atomic mass is 16.7. The molecule has 15 nitrogen and oxygen atoms in total. The Balaban J connectivity index is 1.68. The molecule has 0 spiro atoms. The molecule has 3 heterocycles. The highest BCUT2D eigenvalue weighted by molar-refractivity contribution is 5.73. The van der Waals surface area contributed by atoms with Gasteiger partial charge in [-0.25, -0.2) is 4.79 Å². The minimum atomic E-state index is -1.81. The van der Waals surface area contributed by atoms with E-state index in [0.29, 0.717) is 0 Å². The molecule has 8 N–H and O–H groups in total. The van der Waals surface area contributed by atoms with Gasteiger partial charge in [-0.15, -0.1) is 0 Å². The lowest BCUT2D eigenvalue weighted by molar-refractivity contribution is -0.363. The molecular formula is C17H28O15. The Bertz CT molecular complexity index is 635. The van der Waals surface area contributed by atoms with Crippen LogP contribution in [0.3, 0.4) is 0 Å². The zero-order chi connectivity index (χ0) is 23.7. The number of aliphatic hydroxyl groups is 7. The Labute approximate surface area is 181 Å². The Kier molecular flexibility index (Phi) is 8.37. The number of carboxylic acid groups (broad SMARTS) is 1. The molecule has 0 aromatic heterocycles. The summed E-state index contributed by atoms with van der Waals surface area (Å²) in [5.74, 6) is -1.51. The first kappa shape index (κ1) is 25.6. The van der Waals surface area contributed by atoms with Crippen molar-refractivity contribution < 1.29 is 74.1 Å². The summed E-state index contributed by atoms with van der Waals surface area (Å²) in [7, 11) is 1.11. The maximum atomic E-state index is 11.4. The number of aliphatic hydroxyl groups excluding tert-OH is 7. The average molecular weight is 472 g/mol. The van der Waals surface area contributed by atoms with E-state index in [1.165, 1.54) is 0 Å². The van der Waals surface area contributed by atoms with E-state index in [9.17, 15) is 45.6 Å². The fourth-order valence-electron chi connectivity index (χ4n) is 3.67. The molecule has 15 heteroatoms. The molecule has 32 heavy (non-hydrogen) atoms. The van der Waals surface area contributed by atoms with Gasteiger partial charge in [0.2, 0.25) is 0 Å². The molecule has 0 aromatic rings. The summed E-state index contributed by atoms with van der Waals surface area (Å²) in [6.07, 6.45) is -20.9. The van der Waals surface area contributed by atoms with E-state index in [1.54, 1.807) is 0 Å². The van der Waals surface area contributed by atoms with Crippen molar-refractivity contribution in [2.75, 3.05) is 20.3 Å². The second-order valence-electron chi connectivity index (χ2n) is 7.68. The average Bonchev–Trinajstić information content (AvgIpc) is 2.75. The van der Waals surface area contributed by atoms with E-state index >= 15 is 0 Å². The number of rotatable bonds is 6. The third kappa shape index (κ3) is 5.05. The van der Waals surface area contributed by atoms with Crippen LogP contribution in [-0.4, -0.2) is 147 Å². The molecule has 3 fully saturated rings. The van der Waals surface area contributed by atoms with Crippen molar-refractivity contribution >= 4 is 5.97 Å². The van der Waals surface area contributed by atoms with Crippen LogP contribution in [0.15, 0.2) is 0 Å². The maximum absolute atomic E-state index is 11.4. The van der Waals surface area contributed by atoms with Crippen LogP contribution in [0.1, 0.15) is 0 Å². The van der Waals surface area contributed by atoms with Gasteiger partial charge in [0, 0.05) is 7.11 Å². The highest BCUT2D eigenvalue weighted by Gasteiger charge is 2.52. The van der Waals surface area contributed by atoms with Gasteiger partial charge in [-0.2, -0.15) is 0 Å². The van der Waals surface area contributed by atoms with Gasteiger partial charge in [-0.1, -0.05) is 0 Å². The van der Waals surface area contributed by atoms with Gasteiger partial charge in [0.25, 0.3) is 0 Å². The van der Waals surface area contributed by atoms with E-state index in [2.05, 4.69) is 0 Å². The second kappa shape index (κ2) is 10.5. The van der Waals surface area contributed by atoms with Crippen LogP contribution in [0.25, 0.3) is 0 Å². The number of methoxy groups -OCH3 is 1. The zero-order valence-electron chi connectivity index (χ0n) is 16.9. The summed E-state index contributed by atoms with van der Waals surface area (Å²) >= 11 is 0. The normalized spacial score (nSPS) is 50.2. The fourth-order valence-corrected chi connectivity index (χ4v) is 3.67. The van der Waals surface area contributed by atoms with E-state index in [0.717, 1.165) is 7.11 Å². The molecule has 3 aliphatic rings. The van der Waals surface area contributed by atoms with Gasteiger partial charge < -0.3 is 69.3 Å². The summed E-state index contributed by atoms with van der Waals surface area (Å²) < 4.78 is 31.0. The third-order valence-corrected chi connectivity index (χ3v) is 5.54. The number of carbonyl (C=O) groups is 1. The number of aliphatic carboxylic acids is 1. The van der Waals surface area contributed by atoms with Crippen LogP contribution in [0.5, 0.6) is 0 Å². The van der Waals surface area contributed by atoms with Crippen LogP contribution < -0.4 is 0 Å². The molecule has 0 aromatic carbocycles. The molecule has 3 rings (SSSR count). The van der Waals surface area contributed by atoms with E-state index < -0.39 is 92.5 Å². The highest BCUT2D eigenvalue weighted by Crippen LogP contribution is 2.29. The van der Waals surface area contributed by atoms with Crippen molar-refractivity contribution in [2.24, 2.45) is 0 Å². The minimum absolute atomic E-state index is 0.355. The Hall–Kier alpha value is -1.05. The molecule has 0 aliphatic carbocycles. The summed E-state index contributed by atoms with van der Waals surface area (Å²) in [4.78, 5) is 11.4. The standard InChI is InChI=1S/C17H28O15/c1-27-11-8(21)10(23)17(32-13(11)14(24)25)31-12-7(20)5(3-28-15(12)26)30-16-9(22)6(19)4(18)2-29-16/h4-13,15-23,26H,2-3H2,1H3,(H,24,25)/t4-,5-,6+,7+,8-,9-,10-,11+,12-,13+,15?,16+,17-/m1/s1. The predicted octanol–water partition coefficient (Wildman–Crippen LogP) is -5.55. The quantitative estimate of drug-likeness (QED) is 0.180. The molecule has 13 atom stereocenters. The predicted molar refractivity (Wildman–Crippen MR) is 94.6 cm³/mol. The lowest BCUT2D eigenvalue weighted by Gasteiger charge is -2.45. The maximum Gasteiger partial charge on any atom is 0.335 e. The monoisotopic (exact) mass is 472 g/mol. The molecule has 0 saturated carbocycles. The van der Waals surface area contributed by atoms with Crippen LogP contribution in [0, 0.1) is 0 Å². The molecule has 3 saturated heterocycles. The summed E-state index contributed by atoms with van der Waals surface area (Å²) in [6, 6.07) is 0. The summed E-state index contributed by atoms with van der Waals surface area (Å²) in [5, 5.41) is 79.6. The van der Waals surface area contributed by atoms with Gasteiger partial charge in [-0.05, 0) is 0 Å². The Morgan fingerprint density at radius 2 is 1.44 bits per heavy atom. The smallest absolute Gasteiger partial charge is 0.335 e. The minimum Gasteiger partial charge on any atom is -0.479 e.